The van der Waals surface area contributed by atoms with Gasteiger partial charge in [0.05, 0.1) is 5.39 Å². The van der Waals surface area contributed by atoms with Gasteiger partial charge in [0.15, 0.2) is 5.82 Å². The standard InChI is InChI=1S/C20H21N5S/c1-13-4-6-15(7-5-13)18-22-19(25-10-8-24(3)9-11-25)17-14(2)16(12-21)26-20(17)23-18/h4-7H,8-11H2,1-3H3. The minimum atomic E-state index is 0.728. The minimum Gasteiger partial charge on any atom is -0.353 e. The molecule has 1 aliphatic rings. The number of anilines is 1. The highest BCUT2D eigenvalue weighted by Gasteiger charge is 2.23. The van der Waals surface area contributed by atoms with Crippen LogP contribution in [0.4, 0.5) is 5.82 Å². The van der Waals surface area contributed by atoms with Crippen molar-refractivity contribution in [3.05, 3.63) is 40.3 Å². The molecule has 0 amide bonds. The van der Waals surface area contributed by atoms with Crippen LogP contribution in [0.15, 0.2) is 24.3 Å². The molecular weight excluding hydrogens is 342 g/mol. The van der Waals surface area contributed by atoms with Gasteiger partial charge >= 0.3 is 0 Å². The van der Waals surface area contributed by atoms with Crippen molar-refractivity contribution in [3.8, 4) is 17.5 Å². The summed E-state index contributed by atoms with van der Waals surface area (Å²) in [5.41, 5.74) is 3.22. The van der Waals surface area contributed by atoms with E-state index in [1.165, 1.54) is 16.9 Å². The number of hydrogen-bond acceptors (Lipinski definition) is 6. The van der Waals surface area contributed by atoms with E-state index in [2.05, 4.69) is 54.1 Å². The van der Waals surface area contributed by atoms with Crippen LogP contribution in [-0.4, -0.2) is 48.1 Å². The third kappa shape index (κ3) is 2.94. The van der Waals surface area contributed by atoms with Crippen LogP contribution in [0.25, 0.3) is 21.6 Å². The SMILES string of the molecule is Cc1ccc(-c2nc(N3CCN(C)CC3)c3c(C)c(C#N)sc3n2)cc1. The molecule has 0 saturated carbocycles. The van der Waals surface area contributed by atoms with Crippen LogP contribution < -0.4 is 4.90 Å². The number of hydrogen-bond donors (Lipinski definition) is 0. The second-order valence-electron chi connectivity index (χ2n) is 6.88. The lowest BCUT2D eigenvalue weighted by Gasteiger charge is -2.33. The van der Waals surface area contributed by atoms with Gasteiger partial charge in [0.1, 0.15) is 21.6 Å². The molecule has 0 radical (unpaired) electrons. The summed E-state index contributed by atoms with van der Waals surface area (Å²) >= 11 is 1.47. The largest absolute Gasteiger partial charge is 0.353 e. The Kier molecular flexibility index (Phi) is 4.35. The molecule has 0 aliphatic carbocycles. The lowest BCUT2D eigenvalue weighted by atomic mass is 10.1. The molecule has 0 atom stereocenters. The third-order valence-corrected chi connectivity index (χ3v) is 6.08. The number of aryl methyl sites for hydroxylation is 2. The second kappa shape index (κ2) is 6.67. The van der Waals surface area contributed by atoms with Crippen LogP contribution in [0, 0.1) is 25.2 Å². The summed E-state index contributed by atoms with van der Waals surface area (Å²) in [5, 5.41) is 10.5. The summed E-state index contributed by atoms with van der Waals surface area (Å²) in [6.45, 7) is 7.98. The van der Waals surface area contributed by atoms with Crippen molar-refractivity contribution in [1.82, 2.24) is 14.9 Å². The zero-order chi connectivity index (χ0) is 18.3. The molecule has 1 aromatic carbocycles. The molecular formula is C20H21N5S. The number of nitriles is 1. The minimum absolute atomic E-state index is 0.728. The number of piperazine rings is 1. The topological polar surface area (TPSA) is 56.1 Å². The molecule has 0 bridgehead atoms. The first kappa shape index (κ1) is 17.0. The predicted molar refractivity (Wildman–Crippen MR) is 107 cm³/mol. The molecule has 1 aliphatic heterocycles. The summed E-state index contributed by atoms with van der Waals surface area (Å²) in [7, 11) is 2.15. The summed E-state index contributed by atoms with van der Waals surface area (Å²) < 4.78 is 0. The van der Waals surface area contributed by atoms with Crippen LogP contribution in [0.2, 0.25) is 0 Å². The van der Waals surface area contributed by atoms with Crippen molar-refractivity contribution >= 4 is 27.4 Å². The molecule has 0 spiro atoms. The monoisotopic (exact) mass is 363 g/mol. The predicted octanol–water partition coefficient (Wildman–Crippen LogP) is 3.60. The number of thiophene rings is 1. The summed E-state index contributed by atoms with van der Waals surface area (Å²) in [5.74, 6) is 1.70. The zero-order valence-corrected chi connectivity index (χ0v) is 16.1. The number of likely N-dealkylation sites (N-methyl/N-ethyl adjacent to an activating group) is 1. The number of fused-ring (bicyclic) bond motifs is 1. The summed E-state index contributed by atoms with van der Waals surface area (Å²) in [6, 6.07) is 10.6. The van der Waals surface area contributed by atoms with Gasteiger partial charge in [-0.1, -0.05) is 29.8 Å². The Bertz CT molecular complexity index is 992. The van der Waals surface area contributed by atoms with Crippen LogP contribution >= 0.6 is 11.3 Å². The van der Waals surface area contributed by atoms with Gasteiger partial charge in [-0.15, -0.1) is 11.3 Å². The van der Waals surface area contributed by atoms with Crippen LogP contribution in [0.1, 0.15) is 16.0 Å². The lowest BCUT2D eigenvalue weighted by molar-refractivity contribution is 0.312. The Hall–Kier alpha value is -2.49. The zero-order valence-electron chi connectivity index (χ0n) is 15.3. The molecule has 0 unspecified atom stereocenters. The second-order valence-corrected chi connectivity index (χ2v) is 7.87. The van der Waals surface area contributed by atoms with Gasteiger partial charge < -0.3 is 9.80 Å². The Morgan fingerprint density at radius 2 is 1.73 bits per heavy atom. The highest BCUT2D eigenvalue weighted by Crippen LogP contribution is 2.37. The average Bonchev–Trinajstić information content (AvgIpc) is 2.98. The lowest BCUT2D eigenvalue weighted by Crippen LogP contribution is -2.45. The van der Waals surface area contributed by atoms with Gasteiger partial charge in [0, 0.05) is 31.7 Å². The fourth-order valence-electron chi connectivity index (χ4n) is 3.30. The molecule has 1 saturated heterocycles. The molecule has 4 rings (SSSR count). The van der Waals surface area contributed by atoms with E-state index in [0.717, 1.165) is 64.0 Å². The molecule has 6 heteroatoms. The van der Waals surface area contributed by atoms with Gasteiger partial charge in [-0.2, -0.15) is 5.26 Å². The van der Waals surface area contributed by atoms with E-state index in [0.29, 0.717) is 0 Å². The molecule has 26 heavy (non-hydrogen) atoms. The molecule has 3 aromatic rings. The van der Waals surface area contributed by atoms with Crippen molar-refractivity contribution in [3.63, 3.8) is 0 Å². The van der Waals surface area contributed by atoms with E-state index in [1.54, 1.807) is 0 Å². The fourth-order valence-corrected chi connectivity index (χ4v) is 4.28. The summed E-state index contributed by atoms with van der Waals surface area (Å²) in [6.07, 6.45) is 0. The van der Waals surface area contributed by atoms with Crippen molar-refractivity contribution < 1.29 is 0 Å². The molecule has 132 valence electrons. The van der Waals surface area contributed by atoms with Crippen molar-refractivity contribution in [1.29, 1.82) is 5.26 Å². The molecule has 1 fully saturated rings. The van der Waals surface area contributed by atoms with E-state index in [1.807, 2.05) is 6.92 Å². The molecule has 5 nitrogen and oxygen atoms in total. The third-order valence-electron chi connectivity index (χ3n) is 4.99. The Morgan fingerprint density at radius 1 is 1.04 bits per heavy atom. The molecule has 0 N–H and O–H groups in total. The first-order chi connectivity index (χ1) is 12.6. The molecule has 3 heterocycles. The maximum Gasteiger partial charge on any atom is 0.163 e. The smallest absolute Gasteiger partial charge is 0.163 e. The van der Waals surface area contributed by atoms with Crippen molar-refractivity contribution in [2.24, 2.45) is 0 Å². The highest BCUT2D eigenvalue weighted by atomic mass is 32.1. The Balaban J connectivity index is 1.90. The highest BCUT2D eigenvalue weighted by molar-refractivity contribution is 7.19. The van der Waals surface area contributed by atoms with E-state index in [-0.39, 0.29) is 0 Å². The van der Waals surface area contributed by atoms with Crippen LogP contribution in [-0.2, 0) is 0 Å². The van der Waals surface area contributed by atoms with Crippen LogP contribution in [0.3, 0.4) is 0 Å². The van der Waals surface area contributed by atoms with Gasteiger partial charge in [0.2, 0.25) is 0 Å². The normalized spacial score (nSPS) is 15.4. The van der Waals surface area contributed by atoms with E-state index in [9.17, 15) is 5.26 Å². The van der Waals surface area contributed by atoms with Gasteiger partial charge in [-0.25, -0.2) is 9.97 Å². The number of aromatic nitrogens is 2. The van der Waals surface area contributed by atoms with Gasteiger partial charge in [-0.3, -0.25) is 0 Å². The number of rotatable bonds is 2. The first-order valence-corrected chi connectivity index (χ1v) is 9.60. The van der Waals surface area contributed by atoms with Crippen molar-refractivity contribution in [2.75, 3.05) is 38.1 Å². The van der Waals surface area contributed by atoms with E-state index < -0.39 is 0 Å². The number of nitrogens with zero attached hydrogens (tertiary/aromatic N) is 5. The van der Waals surface area contributed by atoms with E-state index in [4.69, 9.17) is 9.97 Å². The van der Waals surface area contributed by atoms with Gasteiger partial charge in [-0.05, 0) is 26.5 Å². The Morgan fingerprint density at radius 3 is 2.38 bits per heavy atom. The van der Waals surface area contributed by atoms with Gasteiger partial charge in [0.25, 0.3) is 0 Å². The summed E-state index contributed by atoms with van der Waals surface area (Å²) in [4.78, 5) is 16.0. The maximum absolute atomic E-state index is 9.46. The number of benzene rings is 1. The first-order valence-electron chi connectivity index (χ1n) is 8.78. The van der Waals surface area contributed by atoms with Crippen LogP contribution in [0.5, 0.6) is 0 Å². The van der Waals surface area contributed by atoms with Crippen molar-refractivity contribution in [2.45, 2.75) is 13.8 Å². The fraction of sp³-hybridized carbons (Fsp3) is 0.350. The Labute approximate surface area is 157 Å². The van der Waals surface area contributed by atoms with E-state index >= 15 is 0 Å². The quantitative estimate of drug-likeness (QED) is 0.696. The average molecular weight is 363 g/mol. The maximum atomic E-state index is 9.46. The molecule has 2 aromatic heterocycles.